The molecule has 0 N–H and O–H groups in total. The second-order valence-corrected chi connectivity index (χ2v) is 8.50. The standard InChI is InChI=1S/C23H21N7O3S/c1-14-4-6-15(7-5-14)13-34-23-24-22-26-25-20-18(12-19(31)33-3)27-29(21(20)30(22)28-23)16-8-10-17(32-2)11-9-16/h4-11H,12-13H2,1-3H3. The molecule has 0 saturated carbocycles. The van der Waals surface area contributed by atoms with Crippen LogP contribution in [0.25, 0.3) is 22.6 Å². The fraction of sp³-hybridized carbons (Fsp3) is 0.217. The summed E-state index contributed by atoms with van der Waals surface area (Å²) in [4.78, 5) is 16.5. The van der Waals surface area contributed by atoms with E-state index in [2.05, 4.69) is 56.6 Å². The molecule has 172 valence electrons. The summed E-state index contributed by atoms with van der Waals surface area (Å²) in [7, 11) is 2.95. The Morgan fingerprint density at radius 3 is 2.47 bits per heavy atom. The van der Waals surface area contributed by atoms with Gasteiger partial charge in [0, 0.05) is 5.75 Å². The normalized spacial score (nSPS) is 11.3. The molecular formula is C23H21N7O3S. The molecule has 3 heterocycles. The zero-order valence-corrected chi connectivity index (χ0v) is 19.6. The van der Waals surface area contributed by atoms with Crippen molar-refractivity contribution in [3.63, 3.8) is 0 Å². The van der Waals surface area contributed by atoms with Crippen LogP contribution in [0.1, 0.15) is 16.8 Å². The fourth-order valence-electron chi connectivity index (χ4n) is 3.45. The minimum Gasteiger partial charge on any atom is -0.497 e. The monoisotopic (exact) mass is 475 g/mol. The van der Waals surface area contributed by atoms with Crippen molar-refractivity contribution in [3.8, 4) is 11.4 Å². The van der Waals surface area contributed by atoms with Crippen molar-refractivity contribution in [3.05, 3.63) is 65.4 Å². The van der Waals surface area contributed by atoms with Crippen molar-refractivity contribution in [2.45, 2.75) is 24.3 Å². The molecule has 0 unspecified atom stereocenters. The Kier molecular flexibility index (Phi) is 5.84. The number of carbonyl (C=O) groups excluding carboxylic acids is 1. The van der Waals surface area contributed by atoms with E-state index in [1.807, 2.05) is 24.3 Å². The fourth-order valence-corrected chi connectivity index (χ4v) is 4.22. The molecule has 0 radical (unpaired) electrons. The van der Waals surface area contributed by atoms with Crippen LogP contribution < -0.4 is 4.74 Å². The van der Waals surface area contributed by atoms with Crippen LogP contribution in [-0.2, 0) is 21.7 Å². The van der Waals surface area contributed by atoms with Crippen LogP contribution in [0.3, 0.4) is 0 Å². The molecule has 0 fully saturated rings. The Morgan fingerprint density at radius 1 is 1.00 bits per heavy atom. The van der Waals surface area contributed by atoms with Crippen molar-refractivity contribution in [1.82, 2.24) is 34.6 Å². The van der Waals surface area contributed by atoms with E-state index in [9.17, 15) is 4.79 Å². The molecule has 11 heteroatoms. The van der Waals surface area contributed by atoms with E-state index >= 15 is 0 Å². The number of aromatic nitrogens is 7. The molecule has 0 amide bonds. The number of nitrogens with zero attached hydrogens (tertiary/aromatic N) is 7. The van der Waals surface area contributed by atoms with Gasteiger partial charge < -0.3 is 9.47 Å². The third-order valence-electron chi connectivity index (χ3n) is 5.26. The maximum atomic E-state index is 12.0. The molecule has 34 heavy (non-hydrogen) atoms. The first kappa shape index (κ1) is 21.8. The van der Waals surface area contributed by atoms with E-state index in [1.165, 1.54) is 30.0 Å². The summed E-state index contributed by atoms with van der Waals surface area (Å²) in [5.74, 6) is 1.36. The summed E-state index contributed by atoms with van der Waals surface area (Å²) >= 11 is 1.51. The van der Waals surface area contributed by atoms with Crippen LogP contribution in [0.5, 0.6) is 5.75 Å². The highest BCUT2D eigenvalue weighted by Gasteiger charge is 2.22. The topological polar surface area (TPSA) is 109 Å². The van der Waals surface area contributed by atoms with Crippen molar-refractivity contribution in [2.24, 2.45) is 0 Å². The van der Waals surface area contributed by atoms with Gasteiger partial charge in [-0.05, 0) is 36.8 Å². The number of fused-ring (bicyclic) bond motifs is 3. The van der Waals surface area contributed by atoms with Crippen molar-refractivity contribution in [2.75, 3.05) is 14.2 Å². The third-order valence-corrected chi connectivity index (χ3v) is 6.17. The molecule has 5 rings (SSSR count). The number of esters is 1. The summed E-state index contributed by atoms with van der Waals surface area (Å²) in [6, 6.07) is 15.7. The van der Waals surface area contributed by atoms with Crippen molar-refractivity contribution < 1.29 is 14.3 Å². The van der Waals surface area contributed by atoms with Gasteiger partial charge >= 0.3 is 5.97 Å². The van der Waals surface area contributed by atoms with Crippen molar-refractivity contribution >= 4 is 34.7 Å². The number of methoxy groups -OCH3 is 2. The molecule has 0 saturated heterocycles. The van der Waals surface area contributed by atoms with E-state index in [1.54, 1.807) is 16.3 Å². The smallest absolute Gasteiger partial charge is 0.311 e. The molecule has 0 aliphatic rings. The zero-order valence-electron chi connectivity index (χ0n) is 18.8. The minimum absolute atomic E-state index is 0.0416. The number of thioether (sulfide) groups is 1. The summed E-state index contributed by atoms with van der Waals surface area (Å²) in [6.45, 7) is 2.06. The maximum absolute atomic E-state index is 12.0. The van der Waals surface area contributed by atoms with Gasteiger partial charge in [0.2, 0.25) is 5.16 Å². The Hall–Kier alpha value is -3.99. The van der Waals surface area contributed by atoms with Crippen LogP contribution in [-0.4, -0.2) is 54.8 Å². The quantitative estimate of drug-likeness (QED) is 0.259. The van der Waals surface area contributed by atoms with Gasteiger partial charge in [0.15, 0.2) is 11.2 Å². The average Bonchev–Trinajstić information content (AvgIpc) is 3.45. The Bertz CT molecular complexity index is 1480. The molecule has 0 aliphatic heterocycles. The van der Waals surface area contributed by atoms with Gasteiger partial charge in [-0.1, -0.05) is 41.6 Å². The largest absolute Gasteiger partial charge is 0.497 e. The van der Waals surface area contributed by atoms with E-state index in [4.69, 9.17) is 9.47 Å². The average molecular weight is 476 g/mol. The predicted molar refractivity (Wildman–Crippen MR) is 126 cm³/mol. The van der Waals surface area contributed by atoms with E-state index in [0.29, 0.717) is 27.8 Å². The van der Waals surface area contributed by atoms with Gasteiger partial charge in [0.05, 0.1) is 26.3 Å². The summed E-state index contributed by atoms with van der Waals surface area (Å²) in [6.07, 6.45) is -0.0416. The number of rotatable bonds is 7. The molecule has 3 aromatic heterocycles. The Balaban J connectivity index is 1.59. The molecule has 2 aromatic carbocycles. The summed E-state index contributed by atoms with van der Waals surface area (Å²) < 4.78 is 13.4. The first-order valence-corrected chi connectivity index (χ1v) is 11.4. The van der Waals surface area contributed by atoms with Gasteiger partial charge in [0.25, 0.3) is 5.78 Å². The molecule has 0 spiro atoms. The van der Waals surface area contributed by atoms with Gasteiger partial charge in [-0.15, -0.1) is 15.3 Å². The lowest BCUT2D eigenvalue weighted by atomic mass is 10.2. The SMILES string of the molecule is COC(=O)Cc1nn(-c2ccc(OC)cc2)c2c1nnc1nc(SCc3ccc(C)cc3)nn12. The van der Waals surface area contributed by atoms with Crippen LogP contribution in [0, 0.1) is 6.92 Å². The Morgan fingerprint density at radius 2 is 1.76 bits per heavy atom. The van der Waals surface area contributed by atoms with Gasteiger partial charge in [0.1, 0.15) is 11.4 Å². The van der Waals surface area contributed by atoms with Crippen molar-refractivity contribution in [1.29, 1.82) is 0 Å². The molecule has 5 aromatic rings. The van der Waals surface area contributed by atoms with Gasteiger partial charge in [-0.2, -0.15) is 14.6 Å². The van der Waals surface area contributed by atoms with Crippen LogP contribution in [0.2, 0.25) is 0 Å². The molecule has 0 atom stereocenters. The summed E-state index contributed by atoms with van der Waals surface area (Å²) in [5.41, 5.74) is 4.59. The zero-order chi connectivity index (χ0) is 23.7. The lowest BCUT2D eigenvalue weighted by molar-refractivity contribution is -0.139. The highest BCUT2D eigenvalue weighted by Crippen LogP contribution is 2.25. The number of benzene rings is 2. The first-order valence-electron chi connectivity index (χ1n) is 10.5. The van der Waals surface area contributed by atoms with Crippen LogP contribution in [0.15, 0.2) is 53.7 Å². The molecule has 10 nitrogen and oxygen atoms in total. The lowest BCUT2D eigenvalue weighted by Gasteiger charge is -2.05. The minimum atomic E-state index is -0.420. The first-order chi connectivity index (χ1) is 16.6. The van der Waals surface area contributed by atoms with E-state index in [-0.39, 0.29) is 6.42 Å². The van der Waals surface area contributed by atoms with Crippen LogP contribution >= 0.6 is 11.8 Å². The number of hydrogen-bond acceptors (Lipinski definition) is 9. The maximum Gasteiger partial charge on any atom is 0.311 e. The van der Waals surface area contributed by atoms with Gasteiger partial charge in [-0.25, -0.2) is 4.68 Å². The number of ether oxygens (including phenoxy) is 2. The number of carbonyl (C=O) groups is 1. The summed E-state index contributed by atoms with van der Waals surface area (Å²) in [5, 5.41) is 18.4. The highest BCUT2D eigenvalue weighted by molar-refractivity contribution is 7.98. The third kappa shape index (κ3) is 4.17. The number of aryl methyl sites for hydroxylation is 1. The van der Waals surface area contributed by atoms with E-state index in [0.717, 1.165) is 17.2 Å². The molecule has 0 bridgehead atoms. The molecule has 0 aliphatic carbocycles. The second kappa shape index (κ2) is 9.10. The lowest BCUT2D eigenvalue weighted by Crippen LogP contribution is -2.06. The Labute approximate surface area is 198 Å². The van der Waals surface area contributed by atoms with Crippen LogP contribution in [0.4, 0.5) is 0 Å². The molecular weight excluding hydrogens is 454 g/mol. The van der Waals surface area contributed by atoms with E-state index < -0.39 is 5.97 Å². The highest BCUT2D eigenvalue weighted by atomic mass is 32.2. The predicted octanol–water partition coefficient (Wildman–Crippen LogP) is 3.18. The second-order valence-electron chi connectivity index (χ2n) is 7.56. The number of hydrogen-bond donors (Lipinski definition) is 0. The van der Waals surface area contributed by atoms with Gasteiger partial charge in [-0.3, -0.25) is 4.79 Å².